The lowest BCUT2D eigenvalue weighted by Crippen LogP contribution is -2.54. The Kier molecular flexibility index (Phi) is 7.00. The summed E-state index contributed by atoms with van der Waals surface area (Å²) in [7, 11) is 1.82. The van der Waals surface area contributed by atoms with Crippen molar-refractivity contribution in [2.45, 2.75) is 6.92 Å². The second-order valence-electron chi connectivity index (χ2n) is 8.56. The second-order valence-corrected chi connectivity index (χ2v) is 9.39. The van der Waals surface area contributed by atoms with Crippen molar-refractivity contribution in [3.63, 3.8) is 0 Å². The number of aromatic nitrogens is 1. The van der Waals surface area contributed by atoms with Gasteiger partial charge in [-0.05, 0) is 91.4 Å². The highest BCUT2D eigenvalue weighted by Gasteiger charge is 2.35. The molecule has 3 aromatic carbocycles. The number of para-hydroxylation sites is 1. The number of rotatable bonds is 6. The molecule has 0 atom stereocenters. The maximum Gasteiger partial charge on any atom is 0.270 e. The Bertz CT molecular complexity index is 1560. The summed E-state index contributed by atoms with van der Waals surface area (Å²) in [4.78, 5) is 27.7. The number of anilines is 1. The summed E-state index contributed by atoms with van der Waals surface area (Å²) in [6, 6.07) is 23.2. The van der Waals surface area contributed by atoms with Crippen molar-refractivity contribution in [2.24, 2.45) is 7.05 Å². The van der Waals surface area contributed by atoms with Crippen LogP contribution in [-0.4, -0.2) is 21.5 Å². The van der Waals surface area contributed by atoms with Gasteiger partial charge in [0.1, 0.15) is 22.8 Å². The summed E-state index contributed by atoms with van der Waals surface area (Å²) in [5.74, 6) is 1.20. The largest absolute Gasteiger partial charge is 0.457 e. The van der Waals surface area contributed by atoms with E-state index in [4.69, 9.17) is 33.3 Å². The van der Waals surface area contributed by atoms with Crippen LogP contribution in [0.1, 0.15) is 11.1 Å². The molecule has 0 unspecified atom stereocenters. The maximum absolute atomic E-state index is 13.6. The van der Waals surface area contributed by atoms with Crippen molar-refractivity contribution in [1.82, 2.24) is 9.88 Å². The summed E-state index contributed by atoms with van der Waals surface area (Å²) in [5, 5.41) is 3.20. The van der Waals surface area contributed by atoms with Gasteiger partial charge in [0, 0.05) is 23.8 Å². The average Bonchev–Trinajstić information content (AvgIpc) is 3.16. The van der Waals surface area contributed by atoms with Crippen molar-refractivity contribution in [3.05, 3.63) is 107 Å². The van der Waals surface area contributed by atoms with Gasteiger partial charge in [0.05, 0.1) is 5.69 Å². The number of carbonyl (C=O) groups excluding carboxylic acids is 2. The van der Waals surface area contributed by atoms with E-state index in [9.17, 15) is 9.59 Å². The molecule has 4 aromatic rings. The van der Waals surface area contributed by atoms with Crippen molar-refractivity contribution in [3.8, 4) is 23.1 Å². The SMILES string of the molecule is Cc1cn(C)c(Oc2ccc(Cl)cc2)c1/C=C1\C(=O)NC(=S)N(c2ccc(Oc3ccccc3)cc2)C1=O. The normalized spacial score (nSPS) is 14.6. The molecule has 2 amide bonds. The number of halogens is 1. The first-order valence-electron chi connectivity index (χ1n) is 11.6. The van der Waals surface area contributed by atoms with Crippen molar-refractivity contribution in [2.75, 3.05) is 4.90 Å². The molecular formula is C29H22ClN3O4S. The number of nitrogens with zero attached hydrogens (tertiary/aromatic N) is 2. The fourth-order valence-corrected chi connectivity index (χ4v) is 4.43. The molecule has 5 rings (SSSR count). The lowest BCUT2D eigenvalue weighted by Gasteiger charge is -2.29. The Morgan fingerprint density at radius 3 is 2.16 bits per heavy atom. The predicted octanol–water partition coefficient (Wildman–Crippen LogP) is 6.40. The first-order valence-corrected chi connectivity index (χ1v) is 12.4. The molecule has 7 nitrogen and oxygen atoms in total. The predicted molar refractivity (Wildman–Crippen MR) is 151 cm³/mol. The van der Waals surface area contributed by atoms with Gasteiger partial charge >= 0.3 is 0 Å². The van der Waals surface area contributed by atoms with Crippen LogP contribution in [0.15, 0.2) is 90.6 Å². The smallest absolute Gasteiger partial charge is 0.270 e. The maximum atomic E-state index is 13.6. The standard InChI is InChI=1S/C29H22ClN3O4S/c1-18-17-32(2)28(37-23-12-8-19(30)9-13-23)24(18)16-25-26(34)31-29(38)33(27(25)35)20-10-14-22(15-11-20)36-21-6-4-3-5-7-21/h3-17H,1-2H3,(H,31,34,38)/b25-16+. The number of hydrogen-bond acceptors (Lipinski definition) is 5. The lowest BCUT2D eigenvalue weighted by atomic mass is 10.1. The zero-order valence-electron chi connectivity index (χ0n) is 20.5. The molecule has 2 heterocycles. The molecule has 1 aliphatic heterocycles. The molecule has 1 saturated heterocycles. The first kappa shape index (κ1) is 25.3. The number of carbonyl (C=O) groups is 2. The Morgan fingerprint density at radius 1 is 0.868 bits per heavy atom. The molecule has 190 valence electrons. The molecule has 0 bridgehead atoms. The van der Waals surface area contributed by atoms with Gasteiger partial charge in [-0.3, -0.25) is 19.8 Å². The van der Waals surface area contributed by atoms with Crippen LogP contribution in [0.5, 0.6) is 23.1 Å². The fraction of sp³-hybridized carbons (Fsp3) is 0.0690. The number of aryl methyl sites for hydroxylation is 2. The topological polar surface area (TPSA) is 72.8 Å². The van der Waals surface area contributed by atoms with E-state index in [1.165, 1.54) is 11.0 Å². The summed E-state index contributed by atoms with van der Waals surface area (Å²) < 4.78 is 13.7. The van der Waals surface area contributed by atoms with E-state index in [1.807, 2.05) is 50.5 Å². The number of nitrogens with one attached hydrogen (secondary N) is 1. The molecule has 0 spiro atoms. The number of amides is 2. The zero-order chi connectivity index (χ0) is 26.8. The Balaban J connectivity index is 1.44. The number of hydrogen-bond donors (Lipinski definition) is 1. The quantitative estimate of drug-likeness (QED) is 0.173. The molecule has 1 aromatic heterocycles. The number of ether oxygens (including phenoxy) is 2. The van der Waals surface area contributed by atoms with Gasteiger partial charge in [0.25, 0.3) is 11.8 Å². The van der Waals surface area contributed by atoms with Crippen LogP contribution < -0.4 is 19.7 Å². The van der Waals surface area contributed by atoms with E-state index < -0.39 is 11.8 Å². The van der Waals surface area contributed by atoms with Crippen LogP contribution in [0.4, 0.5) is 5.69 Å². The van der Waals surface area contributed by atoms with Crippen molar-refractivity contribution >= 4 is 52.5 Å². The average molecular weight is 544 g/mol. The molecule has 1 fully saturated rings. The van der Waals surface area contributed by atoms with Gasteiger partial charge < -0.3 is 14.0 Å². The van der Waals surface area contributed by atoms with Crippen LogP contribution in [0.25, 0.3) is 6.08 Å². The molecular weight excluding hydrogens is 522 g/mol. The van der Waals surface area contributed by atoms with Crippen molar-refractivity contribution < 1.29 is 19.1 Å². The molecule has 0 aliphatic carbocycles. The summed E-state index contributed by atoms with van der Waals surface area (Å²) >= 11 is 11.3. The Morgan fingerprint density at radius 2 is 1.47 bits per heavy atom. The number of benzene rings is 3. The highest BCUT2D eigenvalue weighted by molar-refractivity contribution is 7.80. The summed E-state index contributed by atoms with van der Waals surface area (Å²) in [6.07, 6.45) is 3.39. The fourth-order valence-electron chi connectivity index (χ4n) is 4.02. The van der Waals surface area contributed by atoms with Gasteiger partial charge in [-0.1, -0.05) is 29.8 Å². The van der Waals surface area contributed by atoms with E-state index >= 15 is 0 Å². The minimum Gasteiger partial charge on any atom is -0.457 e. The van der Waals surface area contributed by atoms with E-state index in [0.717, 1.165) is 5.56 Å². The van der Waals surface area contributed by atoms with Crippen LogP contribution >= 0.6 is 23.8 Å². The highest BCUT2D eigenvalue weighted by Crippen LogP contribution is 2.33. The summed E-state index contributed by atoms with van der Waals surface area (Å²) in [5.41, 5.74) is 1.85. The third kappa shape index (κ3) is 5.18. The van der Waals surface area contributed by atoms with Gasteiger partial charge in [-0.25, -0.2) is 0 Å². The van der Waals surface area contributed by atoms with Gasteiger partial charge in [-0.15, -0.1) is 0 Å². The highest BCUT2D eigenvalue weighted by atomic mass is 35.5. The minimum absolute atomic E-state index is 0.00343. The van der Waals surface area contributed by atoms with E-state index in [-0.39, 0.29) is 10.7 Å². The minimum atomic E-state index is -0.582. The van der Waals surface area contributed by atoms with Crippen LogP contribution in [0.3, 0.4) is 0 Å². The van der Waals surface area contributed by atoms with E-state index in [2.05, 4.69) is 5.32 Å². The lowest BCUT2D eigenvalue weighted by molar-refractivity contribution is -0.122. The van der Waals surface area contributed by atoms with E-state index in [1.54, 1.807) is 53.1 Å². The van der Waals surface area contributed by atoms with Crippen LogP contribution in [0, 0.1) is 6.92 Å². The molecule has 38 heavy (non-hydrogen) atoms. The van der Waals surface area contributed by atoms with Gasteiger partial charge in [-0.2, -0.15) is 0 Å². The van der Waals surface area contributed by atoms with Crippen molar-refractivity contribution in [1.29, 1.82) is 0 Å². The zero-order valence-corrected chi connectivity index (χ0v) is 22.0. The monoisotopic (exact) mass is 543 g/mol. The molecule has 0 saturated carbocycles. The van der Waals surface area contributed by atoms with Gasteiger partial charge in [0.2, 0.25) is 5.88 Å². The second kappa shape index (κ2) is 10.5. The van der Waals surface area contributed by atoms with Crippen LogP contribution in [-0.2, 0) is 16.6 Å². The molecule has 0 radical (unpaired) electrons. The summed E-state index contributed by atoms with van der Waals surface area (Å²) in [6.45, 7) is 1.88. The third-order valence-corrected chi connectivity index (χ3v) is 6.39. The van der Waals surface area contributed by atoms with E-state index in [0.29, 0.717) is 39.4 Å². The van der Waals surface area contributed by atoms with Gasteiger partial charge in [0.15, 0.2) is 5.11 Å². The molecule has 1 N–H and O–H groups in total. The third-order valence-electron chi connectivity index (χ3n) is 5.86. The Hall–Kier alpha value is -4.40. The Labute approximate surface area is 229 Å². The van der Waals surface area contributed by atoms with Crippen LogP contribution in [0.2, 0.25) is 5.02 Å². The number of thiocarbonyl (C=S) groups is 1. The molecule has 9 heteroatoms. The molecule has 1 aliphatic rings. The first-order chi connectivity index (χ1) is 18.3.